The molecule has 1 aromatic heterocycles. The molecule has 0 spiro atoms. The summed E-state index contributed by atoms with van der Waals surface area (Å²) >= 11 is 0. The molecule has 150 valence electrons. The fourth-order valence-electron chi connectivity index (χ4n) is 2.14. The predicted octanol–water partition coefficient (Wildman–Crippen LogP) is -12.3. The maximum atomic E-state index is 12.5. The average Bonchev–Trinajstić information content (AvgIpc) is 3.24. The van der Waals surface area contributed by atoms with E-state index in [2.05, 4.69) is 25.4 Å². The monoisotopic (exact) mass is 489 g/mol. The zero-order valence-corrected chi connectivity index (χ0v) is 23.6. The minimum atomic E-state index is -4.73. The Morgan fingerprint density at radius 1 is 1.06 bits per heavy atom. The van der Waals surface area contributed by atoms with Gasteiger partial charge in [0, 0.05) is 0 Å². The van der Waals surface area contributed by atoms with Gasteiger partial charge in [0.1, 0.15) is 21.8 Å². The summed E-state index contributed by atoms with van der Waals surface area (Å²) < 4.78 is 32.9. The van der Waals surface area contributed by atoms with E-state index in [0.717, 1.165) is 24.3 Å². The van der Waals surface area contributed by atoms with Gasteiger partial charge in [0.05, 0.1) is 16.6 Å². The fourth-order valence-corrected chi connectivity index (χ4v) is 2.61. The van der Waals surface area contributed by atoms with Crippen LogP contribution >= 0.6 is 0 Å². The van der Waals surface area contributed by atoms with Crippen LogP contribution in [0.3, 0.4) is 0 Å². The molecule has 15 nitrogen and oxygen atoms in total. The number of carboxylic acids is 2. The number of H-pyrrole nitrogens is 1. The second-order valence-electron chi connectivity index (χ2n) is 5.26. The molecule has 0 fully saturated rings. The third kappa shape index (κ3) is 6.97. The van der Waals surface area contributed by atoms with Crippen LogP contribution in [-0.2, 0) is 19.7 Å². The Morgan fingerprint density at radius 2 is 1.66 bits per heavy atom. The van der Waals surface area contributed by atoms with Crippen LogP contribution in [0.5, 0.6) is 0 Å². The number of amides is 1. The Morgan fingerprint density at radius 3 is 2.12 bits per heavy atom. The Labute approximate surface area is 245 Å². The molecule has 0 aliphatic carbocycles. The topological polar surface area (TPSA) is 236 Å². The van der Waals surface area contributed by atoms with Gasteiger partial charge in [-0.05, 0) is 24.3 Å². The minimum Gasteiger partial charge on any atom is -0.744 e. The molecule has 1 amide bonds. The van der Waals surface area contributed by atoms with Gasteiger partial charge < -0.3 is 24.4 Å². The first kappa shape index (κ1) is 30.9. The van der Waals surface area contributed by atoms with Crippen LogP contribution in [-0.4, -0.2) is 57.8 Å². The summed E-state index contributed by atoms with van der Waals surface area (Å²) in [6, 6.07) is 2.15. The van der Waals surface area contributed by atoms with Crippen LogP contribution in [0.1, 0.15) is 10.6 Å². The van der Waals surface area contributed by atoms with Gasteiger partial charge in [-0.2, -0.15) is 20.2 Å². The number of aromatic amines is 1. The molecule has 0 saturated heterocycles. The van der Waals surface area contributed by atoms with Crippen molar-refractivity contribution in [2.24, 2.45) is 15.3 Å². The number of aromatic carboxylic acids is 1. The number of nitrogens with zero attached hydrogens (tertiary/aromatic N) is 6. The standard InChI is InChI=1S/C13H9N7O8S.3Na/c21-10-7(15-17-13-14-9(12(24)25)16-18-13)8(11(22)23)19-20(10)5-1-3-6(4-2-5)29(26,27)28;;;/h1-4,7H,(H,22,23)(H,24,25)(H,14,16,18)(H,26,27,28);;;/q;3*+1/p-3. The summed E-state index contributed by atoms with van der Waals surface area (Å²) in [4.78, 5) is 37.1. The van der Waals surface area contributed by atoms with Crippen LogP contribution in [0, 0.1) is 0 Å². The number of hydrogen-bond donors (Lipinski definition) is 1. The second-order valence-corrected chi connectivity index (χ2v) is 6.64. The predicted molar refractivity (Wildman–Crippen MR) is 83.4 cm³/mol. The van der Waals surface area contributed by atoms with Crippen molar-refractivity contribution in [1.82, 2.24) is 15.2 Å². The van der Waals surface area contributed by atoms with Crippen molar-refractivity contribution >= 4 is 45.3 Å². The molecule has 1 N–H and O–H groups in total. The Bertz CT molecular complexity index is 1180. The second kappa shape index (κ2) is 12.4. The largest absolute Gasteiger partial charge is 1.00 e. The van der Waals surface area contributed by atoms with Crippen molar-refractivity contribution in [1.29, 1.82) is 0 Å². The molecule has 0 radical (unpaired) electrons. The third-order valence-corrected chi connectivity index (χ3v) is 4.27. The summed E-state index contributed by atoms with van der Waals surface area (Å²) in [5.74, 6) is -5.70. The van der Waals surface area contributed by atoms with E-state index in [9.17, 15) is 37.6 Å². The van der Waals surface area contributed by atoms with Gasteiger partial charge >= 0.3 is 88.7 Å². The molecule has 0 bridgehead atoms. The average molecular weight is 489 g/mol. The number of carboxylic acid groups (broad SMARTS) is 2. The summed E-state index contributed by atoms with van der Waals surface area (Å²) in [5.41, 5.74) is -0.883. The Hall–Kier alpha value is -1.05. The van der Waals surface area contributed by atoms with Crippen molar-refractivity contribution in [3.63, 3.8) is 0 Å². The first-order chi connectivity index (χ1) is 13.6. The van der Waals surface area contributed by atoms with E-state index in [1.807, 2.05) is 5.10 Å². The molecular formula is C13H6N7Na3O8S. The van der Waals surface area contributed by atoms with Crippen molar-refractivity contribution in [3.05, 3.63) is 30.1 Å². The van der Waals surface area contributed by atoms with E-state index in [4.69, 9.17) is 0 Å². The van der Waals surface area contributed by atoms with Crippen molar-refractivity contribution in [2.45, 2.75) is 10.9 Å². The number of carbonyl (C=O) groups excluding carboxylic acids is 3. The van der Waals surface area contributed by atoms with Gasteiger partial charge in [0.25, 0.3) is 11.9 Å². The Kier molecular flexibility index (Phi) is 12.0. The van der Waals surface area contributed by atoms with E-state index < -0.39 is 56.4 Å². The van der Waals surface area contributed by atoms with Gasteiger partial charge in [-0.15, -0.1) is 10.2 Å². The van der Waals surface area contributed by atoms with E-state index in [1.54, 1.807) is 0 Å². The summed E-state index contributed by atoms with van der Waals surface area (Å²) in [6.07, 6.45) is 0. The van der Waals surface area contributed by atoms with Gasteiger partial charge in [0.2, 0.25) is 0 Å². The zero-order valence-electron chi connectivity index (χ0n) is 16.7. The van der Waals surface area contributed by atoms with Crippen molar-refractivity contribution in [3.8, 4) is 0 Å². The summed E-state index contributed by atoms with van der Waals surface area (Å²) in [5, 5.41) is 38.2. The van der Waals surface area contributed by atoms with E-state index in [-0.39, 0.29) is 94.4 Å². The van der Waals surface area contributed by atoms with Gasteiger partial charge in [-0.25, -0.2) is 8.42 Å². The number of benzene rings is 1. The number of azo groups is 1. The van der Waals surface area contributed by atoms with Crippen LogP contribution in [0.25, 0.3) is 0 Å². The van der Waals surface area contributed by atoms with Crippen LogP contribution in [0.15, 0.2) is 44.5 Å². The summed E-state index contributed by atoms with van der Waals surface area (Å²) in [7, 11) is -4.73. The smallest absolute Gasteiger partial charge is 0.744 e. The van der Waals surface area contributed by atoms with E-state index in [1.165, 1.54) is 0 Å². The molecule has 1 unspecified atom stereocenters. The van der Waals surface area contributed by atoms with E-state index in [0.29, 0.717) is 5.01 Å². The molecule has 2 aromatic rings. The maximum Gasteiger partial charge on any atom is 1.00 e. The van der Waals surface area contributed by atoms with Gasteiger partial charge in [-0.1, -0.05) is 0 Å². The van der Waals surface area contributed by atoms with Crippen molar-refractivity contribution in [2.75, 3.05) is 5.01 Å². The normalized spacial score (nSPS) is 15.4. The number of rotatable bonds is 6. The molecule has 3 rings (SSSR count). The molecule has 1 aliphatic rings. The number of aliphatic carboxylic acids is 1. The number of hydrogen-bond acceptors (Lipinski definition) is 13. The number of hydrazone groups is 1. The third-order valence-electron chi connectivity index (χ3n) is 3.42. The molecule has 1 aliphatic heterocycles. The number of carbonyl (C=O) groups is 3. The maximum absolute atomic E-state index is 12.5. The van der Waals surface area contributed by atoms with Crippen LogP contribution in [0.2, 0.25) is 0 Å². The molecular weight excluding hydrogens is 483 g/mol. The van der Waals surface area contributed by atoms with Gasteiger partial charge in [0.15, 0.2) is 11.9 Å². The molecule has 0 saturated carbocycles. The number of anilines is 1. The first-order valence-corrected chi connectivity index (χ1v) is 8.73. The molecule has 1 atom stereocenters. The fraction of sp³-hybridized carbons (Fsp3) is 0.0769. The first-order valence-electron chi connectivity index (χ1n) is 7.32. The van der Waals surface area contributed by atoms with Gasteiger partial charge in [-0.3, -0.25) is 9.89 Å². The number of nitrogens with one attached hydrogen (secondary N) is 1. The van der Waals surface area contributed by atoms with Crippen molar-refractivity contribution < 1.29 is 126 Å². The van der Waals surface area contributed by atoms with E-state index >= 15 is 0 Å². The zero-order chi connectivity index (χ0) is 21.3. The minimum absolute atomic E-state index is 0. The molecule has 32 heavy (non-hydrogen) atoms. The summed E-state index contributed by atoms with van der Waals surface area (Å²) in [6.45, 7) is 0. The molecule has 2 heterocycles. The van der Waals surface area contributed by atoms with Crippen LogP contribution < -0.4 is 104 Å². The molecule has 1 aromatic carbocycles. The van der Waals surface area contributed by atoms with Crippen LogP contribution in [0.4, 0.5) is 11.6 Å². The Balaban J connectivity index is 0.00000320. The number of aromatic nitrogens is 3. The quantitative estimate of drug-likeness (QED) is 0.228. The SMILES string of the molecule is O=C([O-])C1=NN(c2ccc(S(=O)(=O)[O-])cc2)C(=O)C1N=Nc1n[nH]c(C(=O)[O-])n1.[Na+].[Na+].[Na+]. The molecule has 19 heteroatoms.